The fraction of sp³-hybridized carbons (Fsp3) is 0. The maximum Gasteiger partial charge on any atom is 1.00 e. The van der Waals surface area contributed by atoms with Crippen LogP contribution in [0.2, 0.25) is 0 Å². The topological polar surface area (TPSA) is 57.5 Å². The van der Waals surface area contributed by atoms with Gasteiger partial charge in [-0.3, -0.25) is 0 Å². The molecule has 0 aromatic rings. The van der Waals surface area contributed by atoms with Crippen LogP contribution in [-0.2, 0) is 13.5 Å². The van der Waals surface area contributed by atoms with Crippen molar-refractivity contribution in [1.82, 2.24) is 0 Å². The van der Waals surface area contributed by atoms with Crippen LogP contribution in [0.4, 0.5) is 4.79 Å². The molecular weight excluding hydrogens is 170 g/mol. The Kier molecular flexibility index (Phi) is 51.3. The standard InChI is InChI=1S/CH2O3.2K.S/c2-1(3)4;;;/h(H2,2,3,4);;;/q;2*+1;-2. The molecule has 0 bridgehead atoms. The van der Waals surface area contributed by atoms with Crippen LogP contribution in [0.3, 0.4) is 0 Å². The SMILES string of the molecule is O=C(O)O.[K+].[K+].[S-2]. The van der Waals surface area contributed by atoms with Crippen molar-refractivity contribution in [3.05, 3.63) is 0 Å². The van der Waals surface area contributed by atoms with E-state index in [9.17, 15) is 0 Å². The molecule has 0 amide bonds. The van der Waals surface area contributed by atoms with E-state index < -0.39 is 6.16 Å². The van der Waals surface area contributed by atoms with Gasteiger partial charge in [-0.25, -0.2) is 4.79 Å². The van der Waals surface area contributed by atoms with Gasteiger partial charge in [-0.15, -0.1) is 0 Å². The first-order valence-corrected chi connectivity index (χ1v) is 0.651. The molecule has 0 spiro atoms. The average molecular weight is 172 g/mol. The summed E-state index contributed by atoms with van der Waals surface area (Å²) in [7, 11) is 0. The summed E-state index contributed by atoms with van der Waals surface area (Å²) < 4.78 is 0. The van der Waals surface area contributed by atoms with Gasteiger partial charge in [0.2, 0.25) is 0 Å². The molecule has 6 heteroatoms. The molecule has 0 aliphatic rings. The smallest absolute Gasteiger partial charge is 1.00 e. The molecule has 32 valence electrons. The van der Waals surface area contributed by atoms with E-state index in [0.29, 0.717) is 0 Å². The van der Waals surface area contributed by atoms with E-state index in [1.54, 1.807) is 0 Å². The average Bonchev–Trinajstić information content (AvgIpc) is 0.811. The zero-order chi connectivity index (χ0) is 3.58. The third kappa shape index (κ3) is 50.5. The van der Waals surface area contributed by atoms with Gasteiger partial charge in [0.25, 0.3) is 0 Å². The molecule has 0 saturated carbocycles. The van der Waals surface area contributed by atoms with Gasteiger partial charge in [-0.1, -0.05) is 0 Å². The van der Waals surface area contributed by atoms with Crippen LogP contribution in [0.25, 0.3) is 0 Å². The minimum atomic E-state index is -1.83. The van der Waals surface area contributed by atoms with E-state index in [4.69, 9.17) is 15.0 Å². The van der Waals surface area contributed by atoms with Crippen LogP contribution in [0.1, 0.15) is 0 Å². The maximum atomic E-state index is 8.56. The summed E-state index contributed by atoms with van der Waals surface area (Å²) in [6.07, 6.45) is -1.83. The van der Waals surface area contributed by atoms with Crippen molar-refractivity contribution in [3.63, 3.8) is 0 Å². The number of rotatable bonds is 0. The van der Waals surface area contributed by atoms with Crippen LogP contribution in [0.15, 0.2) is 0 Å². The van der Waals surface area contributed by atoms with Gasteiger partial charge >= 0.3 is 109 Å². The molecule has 7 heavy (non-hydrogen) atoms. The second kappa shape index (κ2) is 16.0. The summed E-state index contributed by atoms with van der Waals surface area (Å²) in [5, 5.41) is 13.9. The summed E-state index contributed by atoms with van der Waals surface area (Å²) in [5.74, 6) is 0. The Labute approximate surface area is 134 Å². The van der Waals surface area contributed by atoms with Crippen molar-refractivity contribution >= 4 is 19.7 Å². The van der Waals surface area contributed by atoms with E-state index in [2.05, 4.69) is 0 Å². The monoisotopic (exact) mass is 172 g/mol. The number of hydrogen-bond donors (Lipinski definition) is 2. The number of hydrogen-bond acceptors (Lipinski definition) is 1. The predicted molar refractivity (Wildman–Crippen MR) is 18.0 cm³/mol. The Morgan fingerprint density at radius 3 is 1.14 bits per heavy atom. The molecule has 3 nitrogen and oxygen atoms in total. The second-order valence-corrected chi connectivity index (χ2v) is 0.283. The molecule has 0 atom stereocenters. The first kappa shape index (κ1) is 22.5. The summed E-state index contributed by atoms with van der Waals surface area (Å²) in [4.78, 5) is 8.56. The van der Waals surface area contributed by atoms with Crippen LogP contribution in [-0.4, -0.2) is 16.4 Å². The Morgan fingerprint density at radius 2 is 1.14 bits per heavy atom. The normalized spacial score (nSPS) is 3.43. The van der Waals surface area contributed by atoms with Gasteiger partial charge in [0.05, 0.1) is 0 Å². The van der Waals surface area contributed by atoms with Crippen LogP contribution in [0, 0.1) is 0 Å². The fourth-order valence-corrected chi connectivity index (χ4v) is 0. The van der Waals surface area contributed by atoms with Crippen molar-refractivity contribution in [2.75, 3.05) is 0 Å². The molecule has 0 aromatic heterocycles. The molecule has 0 aromatic carbocycles. The summed E-state index contributed by atoms with van der Waals surface area (Å²) in [6.45, 7) is 0. The number of carboxylic acid groups (broad SMARTS) is 2. The largest absolute Gasteiger partial charge is 2.00 e. The molecule has 0 saturated heterocycles. The molecular formula is CH2K2O3S. The fourth-order valence-electron chi connectivity index (χ4n) is 0. The molecule has 0 radical (unpaired) electrons. The zero-order valence-electron chi connectivity index (χ0n) is 4.21. The second-order valence-electron chi connectivity index (χ2n) is 0.283. The van der Waals surface area contributed by atoms with Crippen molar-refractivity contribution in [1.29, 1.82) is 0 Å². The molecule has 2 N–H and O–H groups in total. The van der Waals surface area contributed by atoms with Gasteiger partial charge in [0.1, 0.15) is 0 Å². The Hall–Kier alpha value is 2.89. The Morgan fingerprint density at radius 1 is 1.14 bits per heavy atom. The molecule has 0 unspecified atom stereocenters. The zero-order valence-corrected chi connectivity index (χ0v) is 11.3. The van der Waals surface area contributed by atoms with E-state index in [0.717, 1.165) is 0 Å². The van der Waals surface area contributed by atoms with Crippen molar-refractivity contribution in [3.8, 4) is 0 Å². The Bertz CT molecular complexity index is 35.9. The van der Waals surface area contributed by atoms with Crippen LogP contribution < -0.4 is 103 Å². The first-order chi connectivity index (χ1) is 1.73. The predicted octanol–water partition coefficient (Wildman–Crippen LogP) is -5.77. The van der Waals surface area contributed by atoms with Crippen molar-refractivity contribution in [2.24, 2.45) is 0 Å². The quantitative estimate of drug-likeness (QED) is 0.358. The molecule has 0 aliphatic carbocycles. The number of carbonyl (C=O) groups is 1. The molecule has 0 heterocycles. The minimum Gasteiger partial charge on any atom is -2.00 e. The van der Waals surface area contributed by atoms with E-state index in [-0.39, 0.29) is 116 Å². The van der Waals surface area contributed by atoms with Crippen molar-refractivity contribution < 1.29 is 118 Å². The first-order valence-electron chi connectivity index (χ1n) is 0.651. The van der Waals surface area contributed by atoms with Crippen LogP contribution >= 0.6 is 0 Å². The maximum absolute atomic E-state index is 8.56. The van der Waals surface area contributed by atoms with Gasteiger partial charge in [-0.2, -0.15) is 0 Å². The van der Waals surface area contributed by atoms with E-state index in [1.165, 1.54) is 0 Å². The van der Waals surface area contributed by atoms with Gasteiger partial charge < -0.3 is 23.7 Å². The minimum absolute atomic E-state index is 0. The van der Waals surface area contributed by atoms with Gasteiger partial charge in [-0.05, 0) is 0 Å². The van der Waals surface area contributed by atoms with Crippen LogP contribution in [0.5, 0.6) is 0 Å². The van der Waals surface area contributed by atoms with E-state index in [1.807, 2.05) is 0 Å². The summed E-state index contributed by atoms with van der Waals surface area (Å²) in [5.41, 5.74) is 0. The third-order valence-corrected chi connectivity index (χ3v) is 0. The van der Waals surface area contributed by atoms with Gasteiger partial charge in [0.15, 0.2) is 0 Å². The third-order valence-electron chi connectivity index (χ3n) is 0. The van der Waals surface area contributed by atoms with E-state index >= 15 is 0 Å². The molecule has 0 fully saturated rings. The molecule has 0 rings (SSSR count). The molecule has 0 aliphatic heterocycles. The van der Waals surface area contributed by atoms with Crippen molar-refractivity contribution in [2.45, 2.75) is 0 Å². The van der Waals surface area contributed by atoms with Gasteiger partial charge in [0, 0.05) is 0 Å². The summed E-state index contributed by atoms with van der Waals surface area (Å²) >= 11 is 0. The summed E-state index contributed by atoms with van der Waals surface area (Å²) in [6, 6.07) is 0. The Balaban J connectivity index is -0.0000000150.